The Morgan fingerprint density at radius 2 is 1.44 bits per heavy atom. The number of benzene rings is 1. The van der Waals surface area contributed by atoms with E-state index in [-0.39, 0.29) is 24.3 Å². The van der Waals surface area contributed by atoms with Crippen molar-refractivity contribution >= 4 is 18.5 Å². The molecule has 2 fully saturated rings. The van der Waals surface area contributed by atoms with Crippen LogP contribution < -0.4 is 15.4 Å². The zero-order valence-corrected chi connectivity index (χ0v) is 18.6. The van der Waals surface area contributed by atoms with E-state index in [1.54, 1.807) is 0 Å². The van der Waals surface area contributed by atoms with Gasteiger partial charge in [-0.1, -0.05) is 0 Å². The second-order valence-electron chi connectivity index (χ2n) is 8.01. The number of nitrogens with zero attached hydrogens (tertiary/aromatic N) is 1. The van der Waals surface area contributed by atoms with E-state index < -0.39 is 79.4 Å². The molecule has 2 saturated heterocycles. The average Bonchev–Trinajstić information content (AvgIpc) is 2.87. The summed E-state index contributed by atoms with van der Waals surface area (Å²) in [5, 5.41) is 66.2. The molecule has 2 heterocycles. The third-order valence-corrected chi connectivity index (χ3v) is 5.85. The zero-order chi connectivity index (χ0) is 26.4. The van der Waals surface area contributed by atoms with Crippen molar-refractivity contribution in [3.05, 3.63) is 34.4 Å². The zero-order valence-electron chi connectivity index (χ0n) is 18.6. The maximum absolute atomic E-state index is 11.2. The Morgan fingerprint density at radius 1 is 0.889 bits per heavy atom. The van der Waals surface area contributed by atoms with Crippen LogP contribution in [0.3, 0.4) is 0 Å². The molecule has 0 bridgehead atoms. The van der Waals surface area contributed by atoms with Crippen LogP contribution in [0.15, 0.2) is 24.3 Å². The Morgan fingerprint density at radius 3 is 1.97 bits per heavy atom. The Labute approximate surface area is 203 Å². The van der Waals surface area contributed by atoms with Gasteiger partial charge in [0.1, 0.15) is 54.5 Å². The fraction of sp³-hybridized carbons (Fsp3) is 0.600. The van der Waals surface area contributed by atoms with Crippen LogP contribution in [0.4, 0.5) is 5.69 Å². The summed E-state index contributed by atoms with van der Waals surface area (Å²) >= 11 is 0. The topological polar surface area (TPSA) is 239 Å². The molecule has 0 spiro atoms. The maximum atomic E-state index is 11.2. The SMILES string of the molecule is O=CN[C@H]1[C@H](Oc2ccc([N+](=O)[O-])cc2)O[C@H](CO)[C@@H](O[C@@H]2O[C@H](CO)[C@@H](O)[C@H](O)[C@H]2NC=O)[C@@H]1O. The predicted molar refractivity (Wildman–Crippen MR) is 114 cm³/mol. The highest BCUT2D eigenvalue weighted by Crippen LogP contribution is 2.30. The van der Waals surface area contributed by atoms with Gasteiger partial charge in [0.05, 0.1) is 18.1 Å². The fourth-order valence-corrected chi connectivity index (χ4v) is 3.98. The lowest BCUT2D eigenvalue weighted by Gasteiger charge is -2.47. The number of non-ortho nitro benzene ring substituents is 1. The van der Waals surface area contributed by atoms with Crippen LogP contribution in [0.5, 0.6) is 5.75 Å². The van der Waals surface area contributed by atoms with E-state index in [1.807, 2.05) is 0 Å². The van der Waals surface area contributed by atoms with Crippen molar-refractivity contribution in [1.29, 1.82) is 0 Å². The summed E-state index contributed by atoms with van der Waals surface area (Å²) in [5.74, 6) is 0.0975. The quantitative estimate of drug-likeness (QED) is 0.0845. The number of aliphatic hydroxyl groups is 5. The molecule has 1 aromatic carbocycles. The van der Waals surface area contributed by atoms with Gasteiger partial charge in [-0.25, -0.2) is 0 Å². The fourth-order valence-electron chi connectivity index (χ4n) is 3.98. The van der Waals surface area contributed by atoms with Gasteiger partial charge in [-0.3, -0.25) is 19.7 Å². The van der Waals surface area contributed by atoms with Gasteiger partial charge in [-0.2, -0.15) is 0 Å². The van der Waals surface area contributed by atoms with E-state index in [0.717, 1.165) is 0 Å². The lowest BCUT2D eigenvalue weighted by Crippen LogP contribution is -2.69. The second kappa shape index (κ2) is 12.3. The molecule has 0 radical (unpaired) electrons. The van der Waals surface area contributed by atoms with Crippen molar-refractivity contribution in [3.8, 4) is 5.75 Å². The molecule has 200 valence electrons. The monoisotopic (exact) mass is 517 g/mol. The standard InChI is InChI=1S/C20H27N3O13/c24-5-11-15(28)16(29)13(21-7-26)20(34-11)36-18-12(6-25)35-19(14(17(18)30)22-8-27)33-10-3-1-9(2-4-10)23(31)32/h1-4,7-8,11-20,24-25,28-30H,5-6H2,(H,21,26)(H,22,27)/t11-,12-,13-,14-,15-,16-,17-,18-,19-,20+/m1/s1. The maximum Gasteiger partial charge on any atom is 0.269 e. The smallest absolute Gasteiger partial charge is 0.269 e. The van der Waals surface area contributed by atoms with Crippen molar-refractivity contribution in [1.82, 2.24) is 10.6 Å². The van der Waals surface area contributed by atoms with Crippen molar-refractivity contribution < 1.29 is 59.0 Å². The van der Waals surface area contributed by atoms with Gasteiger partial charge in [-0.15, -0.1) is 0 Å². The molecular weight excluding hydrogens is 490 g/mol. The van der Waals surface area contributed by atoms with E-state index in [2.05, 4.69) is 10.6 Å². The van der Waals surface area contributed by atoms with E-state index in [4.69, 9.17) is 18.9 Å². The van der Waals surface area contributed by atoms with Crippen LogP contribution in [0.1, 0.15) is 0 Å². The first-order valence-electron chi connectivity index (χ1n) is 10.8. The molecule has 16 nitrogen and oxygen atoms in total. The van der Waals surface area contributed by atoms with E-state index >= 15 is 0 Å². The van der Waals surface area contributed by atoms with Crippen LogP contribution in [0, 0.1) is 10.1 Å². The van der Waals surface area contributed by atoms with E-state index in [9.17, 15) is 45.2 Å². The number of amides is 2. The molecule has 2 aliphatic heterocycles. The highest BCUT2D eigenvalue weighted by Gasteiger charge is 2.51. The highest BCUT2D eigenvalue weighted by atomic mass is 16.7. The van der Waals surface area contributed by atoms with Crippen LogP contribution in [0.25, 0.3) is 0 Å². The molecule has 36 heavy (non-hydrogen) atoms. The number of nitro groups is 1. The summed E-state index contributed by atoms with van der Waals surface area (Å²) in [7, 11) is 0. The Hall–Kier alpha value is -2.96. The van der Waals surface area contributed by atoms with Gasteiger partial charge in [-0.05, 0) is 12.1 Å². The summed E-state index contributed by atoms with van der Waals surface area (Å²) < 4.78 is 22.5. The minimum Gasteiger partial charge on any atom is -0.463 e. The summed E-state index contributed by atoms with van der Waals surface area (Å²) in [6.45, 7) is -1.43. The van der Waals surface area contributed by atoms with Gasteiger partial charge in [0.15, 0.2) is 6.29 Å². The molecule has 0 unspecified atom stereocenters. The first-order chi connectivity index (χ1) is 17.2. The summed E-state index contributed by atoms with van der Waals surface area (Å²) in [6, 6.07) is 2.27. The Kier molecular flexibility index (Phi) is 9.46. The van der Waals surface area contributed by atoms with Crippen molar-refractivity contribution in [2.24, 2.45) is 0 Å². The second-order valence-corrected chi connectivity index (χ2v) is 8.01. The van der Waals surface area contributed by atoms with Crippen LogP contribution in [-0.2, 0) is 23.8 Å². The van der Waals surface area contributed by atoms with Crippen molar-refractivity contribution in [2.45, 2.75) is 61.3 Å². The normalized spacial score (nSPS) is 36.5. The van der Waals surface area contributed by atoms with Crippen LogP contribution >= 0.6 is 0 Å². The molecule has 0 saturated carbocycles. The molecule has 0 aliphatic carbocycles. The molecule has 7 N–H and O–H groups in total. The van der Waals surface area contributed by atoms with E-state index in [1.165, 1.54) is 24.3 Å². The van der Waals surface area contributed by atoms with Crippen molar-refractivity contribution in [2.75, 3.05) is 13.2 Å². The number of nitro benzene ring substituents is 1. The van der Waals surface area contributed by atoms with Gasteiger partial charge in [0, 0.05) is 12.1 Å². The lowest BCUT2D eigenvalue weighted by atomic mass is 9.95. The predicted octanol–water partition coefficient (Wildman–Crippen LogP) is -3.89. The third-order valence-electron chi connectivity index (χ3n) is 5.85. The molecule has 2 amide bonds. The average molecular weight is 517 g/mol. The van der Waals surface area contributed by atoms with Crippen molar-refractivity contribution in [3.63, 3.8) is 0 Å². The summed E-state index contributed by atoms with van der Waals surface area (Å²) in [5.41, 5.74) is -0.198. The van der Waals surface area contributed by atoms with Gasteiger partial charge in [0.2, 0.25) is 19.1 Å². The number of carbonyl (C=O) groups is 2. The highest BCUT2D eigenvalue weighted by molar-refractivity contribution is 5.47. The van der Waals surface area contributed by atoms with Gasteiger partial charge >= 0.3 is 0 Å². The minimum absolute atomic E-state index is 0.0975. The Bertz CT molecular complexity index is 890. The molecule has 1 aromatic rings. The van der Waals surface area contributed by atoms with E-state index in [0.29, 0.717) is 0 Å². The molecule has 16 heteroatoms. The van der Waals surface area contributed by atoms with Crippen LogP contribution in [-0.4, -0.2) is 118 Å². The largest absolute Gasteiger partial charge is 0.463 e. The van der Waals surface area contributed by atoms with Gasteiger partial charge in [0.25, 0.3) is 5.69 Å². The number of carbonyl (C=O) groups excluding carboxylic acids is 2. The molecule has 10 atom stereocenters. The number of aliphatic hydroxyl groups excluding tert-OH is 5. The summed E-state index contributed by atoms with van der Waals surface area (Å²) in [6.07, 6.45) is -11.2. The number of rotatable bonds is 11. The third kappa shape index (κ3) is 5.88. The van der Waals surface area contributed by atoms with Crippen LogP contribution in [0.2, 0.25) is 0 Å². The number of hydrogen-bond acceptors (Lipinski definition) is 13. The van der Waals surface area contributed by atoms with Gasteiger partial charge < -0.3 is 55.1 Å². The number of hydrogen-bond donors (Lipinski definition) is 7. The molecule has 0 aromatic heterocycles. The minimum atomic E-state index is -1.62. The first kappa shape index (κ1) is 27.6. The first-order valence-corrected chi connectivity index (χ1v) is 10.8. The molecular formula is C20H27N3O13. The number of nitrogens with one attached hydrogen (secondary N) is 2. The lowest BCUT2D eigenvalue weighted by molar-refractivity contribution is -0.384. The molecule has 2 aliphatic rings. The Balaban J connectivity index is 1.81. The number of ether oxygens (including phenoxy) is 4. The molecule has 3 rings (SSSR count). The summed E-state index contributed by atoms with van der Waals surface area (Å²) in [4.78, 5) is 32.5.